The number of aryl methyl sites for hydroxylation is 2. The van der Waals surface area contributed by atoms with Crippen molar-refractivity contribution in [3.05, 3.63) is 64.3 Å². The van der Waals surface area contributed by atoms with Gasteiger partial charge in [0.1, 0.15) is 11.8 Å². The number of aromatic nitrogens is 1. The summed E-state index contributed by atoms with van der Waals surface area (Å²) in [4.78, 5) is 0. The fraction of sp³-hybridized carbons (Fsp3) is 0.211. The first-order valence-corrected chi connectivity index (χ1v) is 8.35. The first-order valence-electron chi connectivity index (χ1n) is 7.56. The van der Waals surface area contributed by atoms with Gasteiger partial charge in [-0.3, -0.25) is 0 Å². The summed E-state index contributed by atoms with van der Waals surface area (Å²) in [7, 11) is 0. The van der Waals surface area contributed by atoms with Gasteiger partial charge in [-0.15, -0.1) is 0 Å². The molecule has 0 radical (unpaired) electrons. The molecule has 0 saturated carbocycles. The molecular weight excluding hydrogens is 352 g/mol. The van der Waals surface area contributed by atoms with Crippen molar-refractivity contribution in [3.63, 3.8) is 0 Å². The maximum Gasteiger partial charge on any atom is 0.122 e. The zero-order chi connectivity index (χ0) is 16.2. The van der Waals surface area contributed by atoms with E-state index in [4.69, 9.17) is 4.74 Å². The molecule has 0 atom stereocenters. The number of halogens is 1. The van der Waals surface area contributed by atoms with Crippen LogP contribution in [-0.4, -0.2) is 11.2 Å². The summed E-state index contributed by atoms with van der Waals surface area (Å²) in [6.45, 7) is 3.53. The Labute approximate surface area is 144 Å². The number of ether oxygens (including phenoxy) is 1. The summed E-state index contributed by atoms with van der Waals surface area (Å²) >= 11 is 3.46. The molecule has 1 heterocycles. The normalized spacial score (nSPS) is 10.7. The minimum absolute atomic E-state index is 0.656. The van der Waals surface area contributed by atoms with Gasteiger partial charge in [-0.25, -0.2) is 0 Å². The van der Waals surface area contributed by atoms with Gasteiger partial charge < -0.3 is 9.30 Å². The molecule has 0 spiro atoms. The quantitative estimate of drug-likeness (QED) is 0.590. The smallest absolute Gasteiger partial charge is 0.122 e. The zero-order valence-electron chi connectivity index (χ0n) is 12.9. The molecule has 0 unspecified atom stereocenters. The predicted molar refractivity (Wildman–Crippen MR) is 95.6 cm³/mol. The lowest BCUT2D eigenvalue weighted by Gasteiger charge is -2.09. The minimum Gasteiger partial charge on any atom is -0.493 e. The second kappa shape index (κ2) is 6.89. The number of fused-ring (bicyclic) bond motifs is 1. The van der Waals surface area contributed by atoms with E-state index >= 15 is 0 Å². The van der Waals surface area contributed by atoms with Crippen LogP contribution in [0, 0.1) is 18.3 Å². The van der Waals surface area contributed by atoms with Gasteiger partial charge in [0.25, 0.3) is 0 Å². The molecule has 3 rings (SSSR count). The summed E-state index contributed by atoms with van der Waals surface area (Å²) in [5, 5.41) is 10.3. The van der Waals surface area contributed by atoms with Gasteiger partial charge in [0.15, 0.2) is 0 Å². The predicted octanol–water partition coefficient (Wildman–Crippen LogP) is 5.05. The van der Waals surface area contributed by atoms with E-state index in [1.54, 1.807) is 0 Å². The Hall–Kier alpha value is -2.25. The molecule has 1 aromatic heterocycles. The lowest BCUT2D eigenvalue weighted by Crippen LogP contribution is -2.04. The molecule has 23 heavy (non-hydrogen) atoms. The number of rotatable bonds is 5. The Morgan fingerprint density at radius 2 is 2.04 bits per heavy atom. The van der Waals surface area contributed by atoms with E-state index in [2.05, 4.69) is 26.6 Å². The first kappa shape index (κ1) is 15.6. The van der Waals surface area contributed by atoms with Gasteiger partial charge in [-0.05, 0) is 43.2 Å². The van der Waals surface area contributed by atoms with Crippen molar-refractivity contribution in [2.24, 2.45) is 0 Å². The molecule has 0 fully saturated rings. The van der Waals surface area contributed by atoms with Crippen molar-refractivity contribution < 1.29 is 4.74 Å². The lowest BCUT2D eigenvalue weighted by molar-refractivity contribution is 0.301. The molecule has 0 N–H and O–H groups in total. The summed E-state index contributed by atoms with van der Waals surface area (Å²) in [5.74, 6) is 0.937. The van der Waals surface area contributed by atoms with Crippen LogP contribution in [0.5, 0.6) is 5.75 Å². The highest BCUT2D eigenvalue weighted by atomic mass is 79.9. The van der Waals surface area contributed by atoms with Crippen molar-refractivity contribution in [3.8, 4) is 11.8 Å². The zero-order valence-corrected chi connectivity index (χ0v) is 14.5. The molecule has 0 bridgehead atoms. The van der Waals surface area contributed by atoms with E-state index in [1.807, 2.05) is 55.6 Å². The molecule has 2 aromatic carbocycles. The number of nitrogens with zero attached hydrogens (tertiary/aromatic N) is 2. The molecule has 0 amide bonds. The van der Waals surface area contributed by atoms with E-state index in [0.717, 1.165) is 39.7 Å². The van der Waals surface area contributed by atoms with Crippen molar-refractivity contribution in [1.29, 1.82) is 5.26 Å². The number of benzene rings is 2. The fourth-order valence-electron chi connectivity index (χ4n) is 2.68. The topological polar surface area (TPSA) is 38.0 Å². The van der Waals surface area contributed by atoms with Gasteiger partial charge >= 0.3 is 0 Å². The SMILES string of the molecule is Cc1ccccc1OCCCn1cc(C#N)c2cc(Br)ccc21. The highest BCUT2D eigenvalue weighted by Gasteiger charge is 2.08. The van der Waals surface area contributed by atoms with Crippen molar-refractivity contribution >= 4 is 26.8 Å². The van der Waals surface area contributed by atoms with E-state index < -0.39 is 0 Å². The number of hydrogen-bond donors (Lipinski definition) is 0. The fourth-order valence-corrected chi connectivity index (χ4v) is 3.04. The molecule has 3 nitrogen and oxygen atoms in total. The third-order valence-corrected chi connectivity index (χ3v) is 4.35. The Bertz CT molecular complexity index is 877. The molecule has 3 aromatic rings. The summed E-state index contributed by atoms with van der Waals surface area (Å²) in [6, 6.07) is 16.3. The van der Waals surface area contributed by atoms with Crippen LogP contribution in [0.1, 0.15) is 17.5 Å². The minimum atomic E-state index is 0.656. The van der Waals surface area contributed by atoms with Crippen LogP contribution in [0.15, 0.2) is 53.1 Å². The molecule has 4 heteroatoms. The van der Waals surface area contributed by atoms with Crippen LogP contribution < -0.4 is 4.74 Å². The van der Waals surface area contributed by atoms with Gasteiger partial charge in [-0.1, -0.05) is 34.1 Å². The van der Waals surface area contributed by atoms with E-state index in [9.17, 15) is 5.26 Å². The standard InChI is InChI=1S/C19H17BrN2O/c1-14-5-2-3-6-19(14)23-10-4-9-22-13-15(12-21)17-11-16(20)7-8-18(17)22/h2-3,5-8,11,13H,4,9-10H2,1H3. The van der Waals surface area contributed by atoms with Crippen LogP contribution in [0.2, 0.25) is 0 Å². The maximum atomic E-state index is 9.29. The third-order valence-electron chi connectivity index (χ3n) is 3.86. The highest BCUT2D eigenvalue weighted by molar-refractivity contribution is 9.10. The van der Waals surface area contributed by atoms with Crippen LogP contribution in [0.25, 0.3) is 10.9 Å². The molecule has 0 aliphatic carbocycles. The van der Waals surface area contributed by atoms with Gasteiger partial charge in [0, 0.05) is 28.1 Å². The third kappa shape index (κ3) is 3.40. The monoisotopic (exact) mass is 368 g/mol. The molecular formula is C19H17BrN2O. The first-order chi connectivity index (χ1) is 11.2. The van der Waals surface area contributed by atoms with E-state index in [0.29, 0.717) is 12.2 Å². The average molecular weight is 369 g/mol. The number of nitriles is 1. The largest absolute Gasteiger partial charge is 0.493 e. The Kier molecular flexibility index (Phi) is 4.68. The van der Waals surface area contributed by atoms with Gasteiger partial charge in [0.2, 0.25) is 0 Å². The van der Waals surface area contributed by atoms with Crippen LogP contribution in [-0.2, 0) is 6.54 Å². The maximum absolute atomic E-state index is 9.29. The number of para-hydroxylation sites is 1. The second-order valence-electron chi connectivity index (χ2n) is 5.48. The van der Waals surface area contributed by atoms with Gasteiger partial charge in [0.05, 0.1) is 12.2 Å². The molecule has 0 aliphatic heterocycles. The van der Waals surface area contributed by atoms with Crippen molar-refractivity contribution in [2.75, 3.05) is 6.61 Å². The molecule has 0 aliphatic rings. The summed E-state index contributed by atoms with van der Waals surface area (Å²) in [6.07, 6.45) is 2.81. The van der Waals surface area contributed by atoms with Crippen LogP contribution in [0.4, 0.5) is 0 Å². The van der Waals surface area contributed by atoms with Crippen molar-refractivity contribution in [1.82, 2.24) is 4.57 Å². The van der Waals surface area contributed by atoms with Crippen LogP contribution >= 0.6 is 15.9 Å². The number of hydrogen-bond acceptors (Lipinski definition) is 2. The summed E-state index contributed by atoms with van der Waals surface area (Å²) < 4.78 is 8.95. The van der Waals surface area contributed by atoms with E-state index in [1.165, 1.54) is 0 Å². The molecule has 0 saturated heterocycles. The Morgan fingerprint density at radius 1 is 1.22 bits per heavy atom. The Balaban J connectivity index is 1.68. The second-order valence-corrected chi connectivity index (χ2v) is 6.39. The van der Waals surface area contributed by atoms with E-state index in [-0.39, 0.29) is 0 Å². The van der Waals surface area contributed by atoms with Crippen molar-refractivity contribution in [2.45, 2.75) is 19.9 Å². The highest BCUT2D eigenvalue weighted by Crippen LogP contribution is 2.25. The average Bonchev–Trinajstić information content (AvgIpc) is 2.90. The lowest BCUT2D eigenvalue weighted by atomic mass is 10.2. The van der Waals surface area contributed by atoms with Crippen LogP contribution in [0.3, 0.4) is 0 Å². The van der Waals surface area contributed by atoms with Gasteiger partial charge in [-0.2, -0.15) is 5.26 Å². The molecule has 116 valence electrons. The summed E-state index contributed by atoms with van der Waals surface area (Å²) in [5.41, 5.74) is 2.94. The Morgan fingerprint density at radius 3 is 2.83 bits per heavy atom.